The predicted molar refractivity (Wildman–Crippen MR) is 83.4 cm³/mol. The summed E-state index contributed by atoms with van der Waals surface area (Å²) >= 11 is 0. The van der Waals surface area contributed by atoms with Gasteiger partial charge in [0.05, 0.1) is 29.0 Å². The van der Waals surface area contributed by atoms with E-state index in [1.165, 1.54) is 12.4 Å². The average Bonchev–Trinajstić information content (AvgIpc) is 2.46. The molecule has 0 aromatic carbocycles. The van der Waals surface area contributed by atoms with Crippen LogP contribution in [0.2, 0.25) is 0 Å². The molecule has 0 spiro atoms. The third-order valence-corrected chi connectivity index (χ3v) is 4.08. The highest BCUT2D eigenvalue weighted by atomic mass is 32.2. The van der Waals surface area contributed by atoms with Crippen molar-refractivity contribution < 1.29 is 8.42 Å². The van der Waals surface area contributed by atoms with Crippen molar-refractivity contribution in [2.75, 3.05) is 28.1 Å². The summed E-state index contributed by atoms with van der Waals surface area (Å²) in [6.45, 7) is 0.505. The highest BCUT2D eigenvalue weighted by molar-refractivity contribution is 7.92. The Morgan fingerprint density at radius 1 is 1.10 bits per heavy atom. The summed E-state index contributed by atoms with van der Waals surface area (Å²) in [6.07, 6.45) is 6.70. The summed E-state index contributed by atoms with van der Waals surface area (Å²) in [5.74, 6) is 0.0211. The molecule has 2 aromatic rings. The van der Waals surface area contributed by atoms with Gasteiger partial charge < -0.3 is 11.1 Å². The molecule has 0 unspecified atom stereocenters. The number of hydrogen-bond acceptors (Lipinski definition) is 6. The number of anilines is 3. The molecule has 7 nitrogen and oxygen atoms in total. The topological polar surface area (TPSA) is 110 Å². The molecule has 4 N–H and O–H groups in total. The fourth-order valence-corrected chi connectivity index (χ4v) is 2.83. The molecule has 2 aromatic heterocycles. The second-order valence-electron chi connectivity index (χ2n) is 4.40. The van der Waals surface area contributed by atoms with E-state index in [2.05, 4.69) is 20.0 Å². The van der Waals surface area contributed by atoms with Gasteiger partial charge in [-0.15, -0.1) is 0 Å². The molecule has 0 aliphatic carbocycles. The lowest BCUT2D eigenvalue weighted by Crippen LogP contribution is -2.19. The zero-order valence-corrected chi connectivity index (χ0v) is 12.2. The van der Waals surface area contributed by atoms with Crippen LogP contribution < -0.4 is 15.8 Å². The molecule has 0 atom stereocenters. The first-order valence-corrected chi connectivity index (χ1v) is 8.06. The molecule has 8 heteroatoms. The van der Waals surface area contributed by atoms with Gasteiger partial charge in [0, 0.05) is 25.1 Å². The first-order valence-electron chi connectivity index (χ1n) is 6.41. The minimum Gasteiger partial charge on any atom is -0.396 e. The Hall–Kier alpha value is -2.35. The normalized spacial score (nSPS) is 11.0. The number of aromatic nitrogens is 2. The second kappa shape index (κ2) is 6.89. The quantitative estimate of drug-likeness (QED) is 0.665. The Morgan fingerprint density at radius 3 is 2.52 bits per heavy atom. The highest BCUT2D eigenvalue weighted by Crippen LogP contribution is 2.15. The van der Waals surface area contributed by atoms with Crippen LogP contribution in [0.25, 0.3) is 0 Å². The van der Waals surface area contributed by atoms with Crippen molar-refractivity contribution in [2.45, 2.75) is 6.42 Å². The van der Waals surface area contributed by atoms with Crippen molar-refractivity contribution in [3.8, 4) is 0 Å². The molecule has 0 aliphatic rings. The summed E-state index contributed by atoms with van der Waals surface area (Å²) in [5, 5.41) is 3.08. The summed E-state index contributed by atoms with van der Waals surface area (Å²) in [5.41, 5.74) is 7.53. The molecule has 0 radical (unpaired) electrons. The zero-order valence-electron chi connectivity index (χ0n) is 11.4. The van der Waals surface area contributed by atoms with E-state index in [0.29, 0.717) is 24.3 Å². The smallest absolute Gasteiger partial charge is 0.232 e. The van der Waals surface area contributed by atoms with Gasteiger partial charge in [0.25, 0.3) is 0 Å². The largest absolute Gasteiger partial charge is 0.396 e. The maximum absolute atomic E-state index is 11.9. The molecule has 21 heavy (non-hydrogen) atoms. The van der Waals surface area contributed by atoms with Gasteiger partial charge in [-0.1, -0.05) is 0 Å². The van der Waals surface area contributed by atoms with E-state index in [9.17, 15) is 8.42 Å². The first-order chi connectivity index (χ1) is 10.1. The van der Waals surface area contributed by atoms with E-state index in [1.54, 1.807) is 30.6 Å². The third kappa shape index (κ3) is 4.92. The molecule has 0 amide bonds. The minimum atomic E-state index is -3.36. The number of nitrogens with two attached hydrogens (primary N) is 1. The van der Waals surface area contributed by atoms with Crippen molar-refractivity contribution in [3.63, 3.8) is 0 Å². The van der Waals surface area contributed by atoms with Crippen LogP contribution in [-0.2, 0) is 10.0 Å². The molecule has 0 aliphatic heterocycles. The molecular weight excluding hydrogens is 290 g/mol. The average molecular weight is 307 g/mol. The standard InChI is InChI=1S/C13H17N5O2S/c14-12-10-16-8-4-13(12)17-5-1-9-21(19,20)18-11-2-6-15-7-3-11/h2-4,6-8,10H,1,5,9,14H2,(H,15,18)(H,16,17). The monoisotopic (exact) mass is 307 g/mol. The lowest BCUT2D eigenvalue weighted by molar-refractivity contribution is 0.599. The fraction of sp³-hybridized carbons (Fsp3) is 0.231. The lowest BCUT2D eigenvalue weighted by Gasteiger charge is -2.10. The Bertz CT molecular complexity index is 676. The number of hydrogen-bond donors (Lipinski definition) is 3. The van der Waals surface area contributed by atoms with Gasteiger partial charge in [-0.25, -0.2) is 8.42 Å². The van der Waals surface area contributed by atoms with Crippen molar-refractivity contribution in [1.82, 2.24) is 9.97 Å². The van der Waals surface area contributed by atoms with Crippen molar-refractivity contribution in [2.24, 2.45) is 0 Å². The number of nitrogens with zero attached hydrogens (tertiary/aromatic N) is 2. The van der Waals surface area contributed by atoms with Crippen LogP contribution in [-0.4, -0.2) is 30.7 Å². The van der Waals surface area contributed by atoms with Gasteiger partial charge in [-0.05, 0) is 24.6 Å². The van der Waals surface area contributed by atoms with Crippen molar-refractivity contribution in [1.29, 1.82) is 0 Å². The Kier molecular flexibility index (Phi) is 4.94. The number of sulfonamides is 1. The third-order valence-electron chi connectivity index (χ3n) is 2.71. The van der Waals surface area contributed by atoms with Gasteiger partial charge in [0.2, 0.25) is 10.0 Å². The Balaban J connectivity index is 1.79. The van der Waals surface area contributed by atoms with Gasteiger partial charge in [-0.2, -0.15) is 0 Å². The Labute approximate surface area is 123 Å². The van der Waals surface area contributed by atoms with Gasteiger partial charge in [0.15, 0.2) is 0 Å². The number of rotatable bonds is 7. The van der Waals surface area contributed by atoms with Crippen molar-refractivity contribution >= 4 is 27.1 Å². The van der Waals surface area contributed by atoms with E-state index >= 15 is 0 Å². The van der Waals surface area contributed by atoms with Crippen LogP contribution in [0.1, 0.15) is 6.42 Å². The lowest BCUT2D eigenvalue weighted by atomic mass is 10.3. The summed E-state index contributed by atoms with van der Waals surface area (Å²) in [7, 11) is -3.36. The summed E-state index contributed by atoms with van der Waals surface area (Å²) in [4.78, 5) is 7.71. The molecule has 112 valence electrons. The molecule has 0 fully saturated rings. The van der Waals surface area contributed by atoms with Crippen LogP contribution in [0.3, 0.4) is 0 Å². The molecule has 2 heterocycles. The van der Waals surface area contributed by atoms with E-state index in [4.69, 9.17) is 5.73 Å². The minimum absolute atomic E-state index is 0.0211. The van der Waals surface area contributed by atoms with E-state index < -0.39 is 10.0 Å². The second-order valence-corrected chi connectivity index (χ2v) is 6.24. The van der Waals surface area contributed by atoms with Gasteiger partial charge in [0.1, 0.15) is 0 Å². The van der Waals surface area contributed by atoms with Crippen LogP contribution in [0.5, 0.6) is 0 Å². The van der Waals surface area contributed by atoms with E-state index in [0.717, 1.165) is 5.69 Å². The molecule has 0 saturated heterocycles. The van der Waals surface area contributed by atoms with E-state index in [-0.39, 0.29) is 5.75 Å². The van der Waals surface area contributed by atoms with Crippen LogP contribution in [0, 0.1) is 0 Å². The van der Waals surface area contributed by atoms with Crippen molar-refractivity contribution in [3.05, 3.63) is 43.0 Å². The van der Waals surface area contributed by atoms with Gasteiger partial charge >= 0.3 is 0 Å². The number of nitrogens with one attached hydrogen (secondary N) is 2. The van der Waals surface area contributed by atoms with Crippen LogP contribution in [0.15, 0.2) is 43.0 Å². The first kappa shape index (κ1) is 15.0. The molecule has 0 saturated carbocycles. The highest BCUT2D eigenvalue weighted by Gasteiger charge is 2.09. The van der Waals surface area contributed by atoms with Crippen LogP contribution >= 0.6 is 0 Å². The zero-order chi connectivity index (χ0) is 15.1. The van der Waals surface area contributed by atoms with E-state index in [1.807, 2.05) is 0 Å². The fourth-order valence-electron chi connectivity index (χ4n) is 1.70. The number of nitrogen functional groups attached to an aromatic ring is 1. The maximum atomic E-state index is 11.9. The summed E-state index contributed by atoms with van der Waals surface area (Å²) < 4.78 is 26.3. The predicted octanol–water partition coefficient (Wildman–Crippen LogP) is 1.30. The Morgan fingerprint density at radius 2 is 1.81 bits per heavy atom. The van der Waals surface area contributed by atoms with Crippen LogP contribution in [0.4, 0.5) is 17.1 Å². The molecule has 0 bridgehead atoms. The maximum Gasteiger partial charge on any atom is 0.232 e. The molecular formula is C13H17N5O2S. The molecule has 2 rings (SSSR count). The SMILES string of the molecule is Nc1cnccc1NCCCS(=O)(=O)Nc1ccncc1. The number of pyridine rings is 2. The summed E-state index contributed by atoms with van der Waals surface area (Å²) in [6, 6.07) is 4.96. The van der Waals surface area contributed by atoms with Gasteiger partial charge in [-0.3, -0.25) is 14.7 Å².